The number of hydrogen-bond donors (Lipinski definition) is 0. The molecule has 31 nitrogen and oxygen atoms in total. The third-order valence-corrected chi connectivity index (χ3v) is 10.8. The molecule has 0 aromatic heterocycles. The van der Waals surface area contributed by atoms with Gasteiger partial charge in [-0.3, -0.25) is 39.6 Å². The molecule has 0 rings (SSSR count). The van der Waals surface area contributed by atoms with Crippen LogP contribution in [-0.4, -0.2) is 92.3 Å². The smallest absolute Gasteiger partial charge is 0.790 e. The molecule has 45 heteroatoms. The van der Waals surface area contributed by atoms with Crippen molar-refractivity contribution in [2.45, 2.75) is 0 Å². The van der Waals surface area contributed by atoms with Crippen molar-refractivity contribution in [1.29, 1.82) is 0 Å². The molecule has 0 saturated carbocycles. The first-order chi connectivity index (χ1) is 16.2. The molecular formula is H2Al5O31P9. The molecule has 0 radical (unpaired) electrons. The van der Waals surface area contributed by atoms with E-state index in [0.717, 1.165) is 0 Å². The summed E-state index contributed by atoms with van der Waals surface area (Å²) in [7, 11) is -53.7. The van der Waals surface area contributed by atoms with Gasteiger partial charge in [0.15, 0.2) is 0 Å². The van der Waals surface area contributed by atoms with Gasteiger partial charge in [0.2, 0.25) is 0 Å². The molecule has 0 aliphatic rings. The molecule has 0 aliphatic heterocycles. The monoisotopic (exact) mass is 912 g/mol. The van der Waals surface area contributed by atoms with Crippen molar-refractivity contribution in [2.24, 2.45) is 0 Å². The van der Waals surface area contributed by atoms with E-state index in [9.17, 15) is 114 Å². The normalized spacial score (nSPS) is 12.6. The largest absolute Gasteiger partial charge is 3.00 e. The molecule has 0 spiro atoms. The van der Waals surface area contributed by atoms with Crippen LogP contribution in [0.2, 0.25) is 0 Å². The van der Waals surface area contributed by atoms with Crippen LogP contribution in [0.15, 0.2) is 0 Å². The van der Waals surface area contributed by atoms with Crippen LogP contribution < -0.4 is 73.4 Å². The zero-order valence-electron chi connectivity index (χ0n) is 19.7. The topological polar surface area (TPSA) is 586 Å². The molecular weight excluding hydrogens is 910 g/mol. The van der Waals surface area contributed by atoms with Gasteiger partial charge in [-0.05, 0) is 0 Å². The van der Waals surface area contributed by atoms with Crippen LogP contribution in [0, 0.1) is 0 Å². The Kier molecular flexibility index (Phi) is 40.3. The van der Waals surface area contributed by atoms with Gasteiger partial charge in [-0.25, -0.2) is 0 Å². The molecule has 0 heterocycles. The maximum atomic E-state index is 10.1. The Balaban J connectivity index is -0.0000000579. The summed E-state index contributed by atoms with van der Waals surface area (Å²) < 4.78 is 104. The van der Waals surface area contributed by atoms with E-state index in [-0.39, 0.29) is 92.3 Å². The Morgan fingerprint density at radius 3 is 0.356 bits per heavy atom. The average molecular weight is 912 g/mol. The van der Waals surface area contributed by atoms with Gasteiger partial charge >= 0.3 is 86.8 Å². The fourth-order valence-electron chi connectivity index (χ4n) is 0.780. The van der Waals surface area contributed by atoms with Crippen molar-refractivity contribution in [3.8, 4) is 0 Å². The fraction of sp³-hybridized carbons (Fsp3) is 0. The molecule has 45 heavy (non-hydrogen) atoms. The van der Waals surface area contributed by atoms with E-state index in [0.29, 0.717) is 0 Å². The fourth-order valence-corrected chi connectivity index (χ4v) is 7.82. The second kappa shape index (κ2) is 25.8. The molecule has 0 aromatic rings. The molecule has 0 atom stereocenters. The summed E-state index contributed by atoms with van der Waals surface area (Å²) in [5, 5.41) is 0. The minimum atomic E-state index is -5.97. The van der Waals surface area contributed by atoms with Crippen LogP contribution in [-0.2, 0) is 66.9 Å². The van der Waals surface area contributed by atoms with E-state index in [2.05, 4.69) is 25.9 Å². The molecule has 0 fully saturated rings. The first kappa shape index (κ1) is 70.4. The van der Waals surface area contributed by atoms with Crippen LogP contribution in [0.1, 0.15) is 0 Å². The second-order valence-electron chi connectivity index (χ2n) is 4.51. The maximum Gasteiger partial charge on any atom is 3.00 e. The Bertz CT molecular complexity index is 992. The Morgan fingerprint density at radius 1 is 0.244 bits per heavy atom. The zero-order valence-corrected chi connectivity index (χ0v) is 33.5. The maximum absolute atomic E-state index is 10.1. The van der Waals surface area contributed by atoms with Gasteiger partial charge in [0.1, 0.15) is 0 Å². The summed E-state index contributed by atoms with van der Waals surface area (Å²) in [5.41, 5.74) is 0. The molecule has 2 N–H and O–H groups in total. The SMILES string of the molecule is O.O=P([O-])([O-])OP(=O)([O-])OP(=O)([O-])[O-].O=P([O-])([O-])OP(=O)([O-])OP(=O)([O-])[O-].O=P([O-])([O-])OP(=O)([O-])OP(=O)([O-])[O-].[Al+3].[Al+3].[Al+3].[Al+3].[Al+3]. The Morgan fingerprint density at radius 2 is 0.311 bits per heavy atom. The van der Waals surface area contributed by atoms with Gasteiger partial charge in [-0.2, -0.15) is 0 Å². The molecule has 248 valence electrons. The summed E-state index contributed by atoms with van der Waals surface area (Å²) in [4.78, 5) is 146. The van der Waals surface area contributed by atoms with Crippen LogP contribution in [0.3, 0.4) is 0 Å². The van der Waals surface area contributed by atoms with Crippen LogP contribution in [0.4, 0.5) is 0 Å². The van der Waals surface area contributed by atoms with Gasteiger partial charge in [-0.1, -0.05) is 0 Å². The van der Waals surface area contributed by atoms with Gasteiger partial charge in [0, 0.05) is 0 Å². The zero-order chi connectivity index (χ0) is 32.7. The molecule has 0 unspecified atom stereocenters. The molecule has 0 amide bonds. The van der Waals surface area contributed by atoms with Crippen molar-refractivity contribution >= 4 is 157 Å². The summed E-state index contributed by atoms with van der Waals surface area (Å²) in [6.45, 7) is 0. The van der Waals surface area contributed by atoms with Crippen LogP contribution in [0.25, 0.3) is 0 Å². The quantitative estimate of drug-likeness (QED) is 0.130. The number of hydrogen-bond acceptors (Lipinski definition) is 30. The third-order valence-electron chi connectivity index (χ3n) is 1.20. The standard InChI is InChI=1S/5Al.3H5O10P3.H2O/c;;;;;3*1-11(2,3)9-13(7,8)10-12(4,5)6;/h;;;;;3*(H,7,8)(H2,1,2,3)(H2,4,5,6);1H2/q5*+3;;;;/p-15. The third kappa shape index (κ3) is 63.3. The second-order valence-corrected chi connectivity index (χ2v) is 16.5. The summed E-state index contributed by atoms with van der Waals surface area (Å²) in [6, 6.07) is 0. The predicted molar refractivity (Wildman–Crippen MR) is 107 cm³/mol. The Labute approximate surface area is 301 Å². The number of phosphoric acid groups is 9. The summed E-state index contributed by atoms with van der Waals surface area (Å²) in [5.74, 6) is 0. The molecule has 0 bridgehead atoms. The van der Waals surface area contributed by atoms with Crippen molar-refractivity contribution in [3.05, 3.63) is 0 Å². The van der Waals surface area contributed by atoms with E-state index in [1.807, 2.05) is 0 Å². The van der Waals surface area contributed by atoms with Crippen LogP contribution in [0.5, 0.6) is 0 Å². The first-order valence-electron chi connectivity index (χ1n) is 6.57. The van der Waals surface area contributed by atoms with E-state index in [4.69, 9.17) is 0 Å². The number of rotatable bonds is 12. The van der Waals surface area contributed by atoms with Crippen molar-refractivity contribution < 1.29 is 146 Å². The van der Waals surface area contributed by atoms with Gasteiger partial charge in [-0.15, -0.1) is 0 Å². The minimum absolute atomic E-state index is 0. The van der Waals surface area contributed by atoms with Crippen molar-refractivity contribution in [3.63, 3.8) is 0 Å². The average Bonchev–Trinajstić information content (AvgIpc) is 2.28. The molecule has 0 aliphatic carbocycles. The van der Waals surface area contributed by atoms with Crippen LogP contribution >= 0.6 is 70.4 Å². The first-order valence-corrected chi connectivity index (χ1v) is 19.7. The van der Waals surface area contributed by atoms with Crippen molar-refractivity contribution in [2.75, 3.05) is 0 Å². The summed E-state index contributed by atoms with van der Waals surface area (Å²) >= 11 is 0. The van der Waals surface area contributed by atoms with Gasteiger partial charge < -0.3 is 106 Å². The van der Waals surface area contributed by atoms with E-state index >= 15 is 0 Å². The predicted octanol–water partition coefficient (Wildman–Crippen LogP) is -14.3. The van der Waals surface area contributed by atoms with Crippen molar-refractivity contribution in [1.82, 2.24) is 0 Å². The minimum Gasteiger partial charge on any atom is -0.790 e. The van der Waals surface area contributed by atoms with E-state index in [1.165, 1.54) is 0 Å². The molecule has 0 aromatic carbocycles. The van der Waals surface area contributed by atoms with E-state index in [1.54, 1.807) is 0 Å². The van der Waals surface area contributed by atoms with Gasteiger partial charge in [0.25, 0.3) is 23.5 Å². The molecule has 0 saturated heterocycles. The Hall–Kier alpha value is 3.85. The van der Waals surface area contributed by atoms with Gasteiger partial charge in [0.05, 0.1) is 46.9 Å². The van der Waals surface area contributed by atoms with E-state index < -0.39 is 70.4 Å². The summed E-state index contributed by atoms with van der Waals surface area (Å²) in [6.07, 6.45) is 0.